The van der Waals surface area contributed by atoms with Crippen molar-refractivity contribution in [2.75, 3.05) is 20.3 Å². The highest BCUT2D eigenvalue weighted by Crippen LogP contribution is 2.26. The van der Waals surface area contributed by atoms with E-state index in [1.807, 2.05) is 0 Å². The molecule has 0 aromatic heterocycles. The summed E-state index contributed by atoms with van der Waals surface area (Å²) in [5, 5.41) is 3.32. The van der Waals surface area contributed by atoms with Gasteiger partial charge in [-0.3, -0.25) is 4.79 Å². The Morgan fingerprint density at radius 3 is 2.90 bits per heavy atom. The van der Waals surface area contributed by atoms with Crippen molar-refractivity contribution in [2.45, 2.75) is 26.0 Å². The van der Waals surface area contributed by atoms with E-state index in [0.29, 0.717) is 29.5 Å². The second-order valence-electron chi connectivity index (χ2n) is 4.32. The van der Waals surface area contributed by atoms with Gasteiger partial charge in [0.05, 0.1) is 0 Å². The lowest BCUT2D eigenvalue weighted by molar-refractivity contribution is -0.127. The van der Waals surface area contributed by atoms with Crippen LogP contribution >= 0.6 is 11.6 Å². The van der Waals surface area contributed by atoms with Gasteiger partial charge in [0.2, 0.25) is 0 Å². The minimum atomic E-state index is -0.610. The van der Waals surface area contributed by atoms with Crippen LogP contribution in [-0.2, 0) is 16.1 Å². The topological polar surface area (TPSA) is 73.6 Å². The van der Waals surface area contributed by atoms with Crippen molar-refractivity contribution < 1.29 is 14.3 Å². The second-order valence-corrected chi connectivity index (χ2v) is 4.73. The molecule has 3 N–H and O–H groups in total. The number of carbonyl (C=O) groups excluding carboxylic acids is 1. The summed E-state index contributed by atoms with van der Waals surface area (Å²) < 4.78 is 10.5. The first-order valence-electron chi connectivity index (χ1n) is 6.51. The average Bonchev–Trinajstić information content (AvgIpc) is 2.43. The van der Waals surface area contributed by atoms with Crippen LogP contribution in [0.3, 0.4) is 0 Å². The molecule has 0 aliphatic rings. The predicted octanol–water partition coefficient (Wildman–Crippen LogP) is 1.72. The van der Waals surface area contributed by atoms with Gasteiger partial charge in [0.25, 0.3) is 5.91 Å². The summed E-state index contributed by atoms with van der Waals surface area (Å²) in [6.45, 7) is 3.12. The zero-order valence-corrected chi connectivity index (χ0v) is 12.6. The fraction of sp³-hybridized carbons (Fsp3) is 0.500. The Bertz CT molecular complexity index is 440. The van der Waals surface area contributed by atoms with Crippen LogP contribution < -0.4 is 15.8 Å². The maximum absolute atomic E-state index is 11.9. The van der Waals surface area contributed by atoms with E-state index in [2.05, 4.69) is 5.32 Å². The molecular weight excluding hydrogens is 280 g/mol. The molecule has 1 aromatic carbocycles. The molecule has 0 spiro atoms. The number of rotatable bonds is 8. The number of nitrogens with two attached hydrogens (primary N) is 1. The highest BCUT2D eigenvalue weighted by molar-refractivity contribution is 6.31. The molecule has 6 heteroatoms. The minimum Gasteiger partial charge on any atom is -0.481 e. The number of ether oxygens (including phenoxy) is 2. The largest absolute Gasteiger partial charge is 0.481 e. The summed E-state index contributed by atoms with van der Waals surface area (Å²) in [6.07, 6.45) is 0.154. The first kappa shape index (κ1) is 16.8. The zero-order chi connectivity index (χ0) is 15.0. The van der Waals surface area contributed by atoms with Crippen molar-refractivity contribution in [1.29, 1.82) is 0 Å². The molecule has 1 aromatic rings. The lowest BCUT2D eigenvalue weighted by Gasteiger charge is -2.17. The van der Waals surface area contributed by atoms with Gasteiger partial charge in [-0.1, -0.05) is 17.7 Å². The minimum absolute atomic E-state index is 0.177. The molecule has 0 aliphatic carbocycles. The van der Waals surface area contributed by atoms with Crippen molar-refractivity contribution >= 4 is 17.5 Å². The summed E-state index contributed by atoms with van der Waals surface area (Å²) in [5.74, 6) is 0.364. The van der Waals surface area contributed by atoms with E-state index in [0.717, 1.165) is 6.42 Å². The number of hydrogen-bond acceptors (Lipinski definition) is 4. The molecule has 0 bridgehead atoms. The van der Waals surface area contributed by atoms with Crippen LogP contribution in [0.15, 0.2) is 18.2 Å². The van der Waals surface area contributed by atoms with Gasteiger partial charge in [0, 0.05) is 37.4 Å². The van der Waals surface area contributed by atoms with Crippen LogP contribution in [0.25, 0.3) is 0 Å². The van der Waals surface area contributed by atoms with E-state index >= 15 is 0 Å². The second kappa shape index (κ2) is 8.79. The van der Waals surface area contributed by atoms with Crippen LogP contribution in [0.4, 0.5) is 0 Å². The summed E-state index contributed by atoms with van der Waals surface area (Å²) in [4.78, 5) is 11.9. The fourth-order valence-electron chi connectivity index (χ4n) is 1.66. The van der Waals surface area contributed by atoms with E-state index < -0.39 is 6.10 Å². The lowest BCUT2D eigenvalue weighted by Crippen LogP contribution is -2.37. The maximum atomic E-state index is 11.9. The SMILES string of the molecule is COCCCNC(=O)C(C)Oc1cccc(Cl)c1CN. The van der Waals surface area contributed by atoms with Crippen LogP contribution in [0.5, 0.6) is 5.75 Å². The van der Waals surface area contributed by atoms with Gasteiger partial charge in [0.15, 0.2) is 6.10 Å². The molecule has 0 radical (unpaired) electrons. The molecule has 5 nitrogen and oxygen atoms in total. The number of hydrogen-bond donors (Lipinski definition) is 2. The molecule has 0 saturated heterocycles. The van der Waals surface area contributed by atoms with Crippen molar-refractivity contribution in [3.8, 4) is 5.75 Å². The Morgan fingerprint density at radius 1 is 1.50 bits per heavy atom. The zero-order valence-electron chi connectivity index (χ0n) is 11.8. The normalized spacial score (nSPS) is 12.0. The van der Waals surface area contributed by atoms with Crippen LogP contribution in [0.1, 0.15) is 18.9 Å². The first-order chi connectivity index (χ1) is 9.60. The van der Waals surface area contributed by atoms with Crippen molar-refractivity contribution in [1.82, 2.24) is 5.32 Å². The Kier molecular flexibility index (Phi) is 7.36. The third-order valence-corrected chi connectivity index (χ3v) is 3.13. The monoisotopic (exact) mass is 300 g/mol. The average molecular weight is 301 g/mol. The Hall–Kier alpha value is -1.30. The van der Waals surface area contributed by atoms with Gasteiger partial charge in [-0.15, -0.1) is 0 Å². The van der Waals surface area contributed by atoms with Gasteiger partial charge < -0.3 is 20.5 Å². The third kappa shape index (κ3) is 5.00. The Labute approximate surface area is 124 Å². The van der Waals surface area contributed by atoms with Crippen molar-refractivity contribution in [2.24, 2.45) is 5.73 Å². The highest BCUT2D eigenvalue weighted by atomic mass is 35.5. The molecule has 0 heterocycles. The number of methoxy groups -OCH3 is 1. The van der Waals surface area contributed by atoms with Crippen molar-refractivity contribution in [3.05, 3.63) is 28.8 Å². The molecule has 1 unspecified atom stereocenters. The van der Waals surface area contributed by atoms with E-state index in [1.54, 1.807) is 32.2 Å². The van der Waals surface area contributed by atoms with Gasteiger partial charge in [0.1, 0.15) is 5.75 Å². The van der Waals surface area contributed by atoms with Crippen LogP contribution in [-0.4, -0.2) is 32.3 Å². The number of amides is 1. The van der Waals surface area contributed by atoms with Gasteiger partial charge in [-0.25, -0.2) is 0 Å². The molecule has 1 rings (SSSR count). The van der Waals surface area contributed by atoms with Crippen LogP contribution in [0.2, 0.25) is 5.02 Å². The summed E-state index contributed by atoms with van der Waals surface area (Å²) in [6, 6.07) is 5.26. The number of nitrogens with one attached hydrogen (secondary N) is 1. The fourth-order valence-corrected chi connectivity index (χ4v) is 1.91. The van der Waals surface area contributed by atoms with Gasteiger partial charge >= 0.3 is 0 Å². The van der Waals surface area contributed by atoms with E-state index in [9.17, 15) is 4.79 Å². The molecular formula is C14H21ClN2O3. The summed E-state index contributed by atoms with van der Waals surface area (Å²) in [7, 11) is 1.63. The quantitative estimate of drug-likeness (QED) is 0.717. The molecule has 112 valence electrons. The number of carbonyl (C=O) groups is 1. The lowest BCUT2D eigenvalue weighted by atomic mass is 10.2. The predicted molar refractivity (Wildman–Crippen MR) is 78.9 cm³/mol. The molecule has 1 amide bonds. The van der Waals surface area contributed by atoms with Gasteiger partial charge in [-0.2, -0.15) is 0 Å². The third-order valence-electron chi connectivity index (χ3n) is 2.78. The summed E-state index contributed by atoms with van der Waals surface area (Å²) >= 11 is 6.04. The molecule has 0 fully saturated rings. The first-order valence-corrected chi connectivity index (χ1v) is 6.88. The smallest absolute Gasteiger partial charge is 0.260 e. The van der Waals surface area contributed by atoms with Gasteiger partial charge in [-0.05, 0) is 25.5 Å². The number of benzene rings is 1. The van der Waals surface area contributed by atoms with E-state index in [-0.39, 0.29) is 12.5 Å². The van der Waals surface area contributed by atoms with E-state index in [1.165, 1.54) is 0 Å². The summed E-state index contributed by atoms with van der Waals surface area (Å²) in [5.41, 5.74) is 6.34. The van der Waals surface area contributed by atoms with Crippen molar-refractivity contribution in [3.63, 3.8) is 0 Å². The Morgan fingerprint density at radius 2 is 2.25 bits per heavy atom. The molecule has 0 aliphatic heterocycles. The maximum Gasteiger partial charge on any atom is 0.260 e. The molecule has 20 heavy (non-hydrogen) atoms. The standard InChI is InChI=1S/C14H21ClN2O3/c1-10(14(18)17-7-4-8-19-2)20-13-6-3-5-12(15)11(13)9-16/h3,5-6,10H,4,7-9,16H2,1-2H3,(H,17,18). The van der Waals surface area contributed by atoms with Crippen LogP contribution in [0, 0.1) is 0 Å². The number of halogens is 1. The molecule has 1 atom stereocenters. The molecule has 0 saturated carbocycles. The highest BCUT2D eigenvalue weighted by Gasteiger charge is 2.16. The Balaban J connectivity index is 2.55. The van der Waals surface area contributed by atoms with E-state index in [4.69, 9.17) is 26.8 Å².